The Morgan fingerprint density at radius 1 is 0.958 bits per heavy atom. The van der Waals surface area contributed by atoms with Gasteiger partial charge in [0.25, 0.3) is 0 Å². The Morgan fingerprint density at radius 2 is 1.46 bits per heavy atom. The molecule has 0 aliphatic heterocycles. The van der Waals surface area contributed by atoms with Crippen LogP contribution in [-0.2, 0) is 14.3 Å². The molecule has 4 nitrogen and oxygen atoms in total. The first kappa shape index (κ1) is 16.2. The second-order valence-corrected chi connectivity index (χ2v) is 6.36. The van der Waals surface area contributed by atoms with Crippen molar-refractivity contribution in [2.45, 2.75) is 25.8 Å². The highest BCUT2D eigenvalue weighted by molar-refractivity contribution is 5.97. The summed E-state index contributed by atoms with van der Waals surface area (Å²) in [6.45, 7) is 3.77. The number of nitrogens with one attached hydrogen (secondary N) is 1. The van der Waals surface area contributed by atoms with Gasteiger partial charge in [0.05, 0.1) is 13.0 Å². The van der Waals surface area contributed by atoms with E-state index in [0.717, 1.165) is 22.3 Å². The maximum absolute atomic E-state index is 13.0. The molecule has 24 heavy (non-hydrogen) atoms. The van der Waals surface area contributed by atoms with E-state index in [9.17, 15) is 9.59 Å². The number of esters is 1. The van der Waals surface area contributed by atoms with Crippen LogP contribution in [0.1, 0.15) is 30.9 Å². The minimum atomic E-state index is -0.651. The molecule has 0 aromatic heterocycles. The van der Waals surface area contributed by atoms with Gasteiger partial charge in [-0.15, -0.1) is 0 Å². The average Bonchev–Trinajstić information content (AvgIpc) is 2.93. The first-order chi connectivity index (χ1) is 11.5. The Bertz CT molecular complexity index is 736. The van der Waals surface area contributed by atoms with Crippen LogP contribution in [0.3, 0.4) is 0 Å². The summed E-state index contributed by atoms with van der Waals surface area (Å²) in [4.78, 5) is 24.9. The maximum Gasteiger partial charge on any atom is 0.328 e. The number of hydrogen-bond acceptors (Lipinski definition) is 3. The predicted molar refractivity (Wildman–Crippen MR) is 92.5 cm³/mol. The highest BCUT2D eigenvalue weighted by atomic mass is 16.5. The molecule has 1 aliphatic rings. The van der Waals surface area contributed by atoms with Gasteiger partial charge >= 0.3 is 5.97 Å². The monoisotopic (exact) mass is 323 g/mol. The summed E-state index contributed by atoms with van der Waals surface area (Å²) >= 11 is 0. The average molecular weight is 323 g/mol. The number of carbonyl (C=O) groups is 2. The zero-order chi connectivity index (χ0) is 17.3. The SMILES string of the molecule is COC(=O)[C@@H](NC(=O)C1c2ccccc2-c2ccccc21)C(C)C. The van der Waals surface area contributed by atoms with Gasteiger partial charge in [0.1, 0.15) is 6.04 Å². The van der Waals surface area contributed by atoms with Crippen LogP contribution in [0, 0.1) is 5.92 Å². The van der Waals surface area contributed by atoms with Gasteiger partial charge in [-0.25, -0.2) is 4.79 Å². The fourth-order valence-electron chi connectivity index (χ4n) is 3.30. The van der Waals surface area contributed by atoms with E-state index in [0.29, 0.717) is 0 Å². The van der Waals surface area contributed by atoms with Gasteiger partial charge in [0.2, 0.25) is 5.91 Å². The Hall–Kier alpha value is -2.62. The fraction of sp³-hybridized carbons (Fsp3) is 0.300. The molecule has 0 radical (unpaired) electrons. The van der Waals surface area contributed by atoms with E-state index in [2.05, 4.69) is 5.32 Å². The lowest BCUT2D eigenvalue weighted by Crippen LogP contribution is -2.46. The maximum atomic E-state index is 13.0. The third-order valence-electron chi connectivity index (χ3n) is 4.52. The van der Waals surface area contributed by atoms with E-state index < -0.39 is 17.9 Å². The zero-order valence-corrected chi connectivity index (χ0v) is 14.1. The van der Waals surface area contributed by atoms with E-state index >= 15 is 0 Å². The summed E-state index contributed by atoms with van der Waals surface area (Å²) < 4.78 is 4.82. The van der Waals surface area contributed by atoms with Crippen LogP contribution in [0.25, 0.3) is 11.1 Å². The Kier molecular flexibility index (Phi) is 4.38. The second-order valence-electron chi connectivity index (χ2n) is 6.36. The van der Waals surface area contributed by atoms with Crippen LogP contribution in [-0.4, -0.2) is 25.0 Å². The fourth-order valence-corrected chi connectivity index (χ4v) is 3.30. The van der Waals surface area contributed by atoms with Crippen LogP contribution in [0.2, 0.25) is 0 Å². The molecule has 0 fully saturated rings. The molecule has 0 saturated heterocycles. The van der Waals surface area contributed by atoms with E-state index in [1.165, 1.54) is 7.11 Å². The summed E-state index contributed by atoms with van der Waals surface area (Å²) in [5.74, 6) is -1.04. The van der Waals surface area contributed by atoms with Gasteiger partial charge in [0, 0.05) is 0 Å². The number of fused-ring (bicyclic) bond motifs is 3. The van der Waals surface area contributed by atoms with Crippen molar-refractivity contribution in [2.75, 3.05) is 7.11 Å². The van der Waals surface area contributed by atoms with Crippen molar-refractivity contribution in [3.63, 3.8) is 0 Å². The van der Waals surface area contributed by atoms with Gasteiger partial charge in [0.15, 0.2) is 0 Å². The molecule has 2 aromatic carbocycles. The molecule has 0 spiro atoms. The summed E-state index contributed by atoms with van der Waals surface area (Å²) in [5.41, 5.74) is 4.10. The summed E-state index contributed by atoms with van der Waals surface area (Å²) in [6, 6.07) is 15.2. The van der Waals surface area contributed by atoms with Crippen LogP contribution in [0.15, 0.2) is 48.5 Å². The van der Waals surface area contributed by atoms with Crippen LogP contribution >= 0.6 is 0 Å². The van der Waals surface area contributed by atoms with Crippen molar-refractivity contribution in [1.82, 2.24) is 5.32 Å². The van der Waals surface area contributed by atoms with Crippen molar-refractivity contribution in [2.24, 2.45) is 5.92 Å². The molecule has 0 saturated carbocycles. The van der Waals surface area contributed by atoms with Crippen molar-refractivity contribution in [3.05, 3.63) is 59.7 Å². The Morgan fingerprint density at radius 3 is 1.92 bits per heavy atom. The number of amides is 1. The third kappa shape index (κ3) is 2.68. The van der Waals surface area contributed by atoms with Crippen molar-refractivity contribution < 1.29 is 14.3 Å². The molecule has 1 N–H and O–H groups in total. The lowest BCUT2D eigenvalue weighted by atomic mass is 9.94. The van der Waals surface area contributed by atoms with E-state index in [1.54, 1.807) is 0 Å². The quantitative estimate of drug-likeness (QED) is 0.880. The minimum absolute atomic E-state index is 0.0479. The number of carbonyl (C=O) groups excluding carboxylic acids is 2. The lowest BCUT2D eigenvalue weighted by Gasteiger charge is -2.22. The summed E-state index contributed by atoms with van der Waals surface area (Å²) in [7, 11) is 1.34. The largest absolute Gasteiger partial charge is 0.467 e. The van der Waals surface area contributed by atoms with Gasteiger partial charge in [-0.1, -0.05) is 62.4 Å². The van der Waals surface area contributed by atoms with Crippen LogP contribution in [0.4, 0.5) is 0 Å². The molecule has 3 rings (SSSR count). The molecule has 1 atom stereocenters. The van der Waals surface area contributed by atoms with E-state index in [-0.39, 0.29) is 11.8 Å². The number of benzene rings is 2. The highest BCUT2D eigenvalue weighted by Gasteiger charge is 2.36. The molecule has 0 heterocycles. The van der Waals surface area contributed by atoms with Crippen molar-refractivity contribution in [3.8, 4) is 11.1 Å². The smallest absolute Gasteiger partial charge is 0.328 e. The molecule has 4 heteroatoms. The number of ether oxygens (including phenoxy) is 1. The van der Waals surface area contributed by atoms with Gasteiger partial charge in [-0.05, 0) is 28.2 Å². The zero-order valence-electron chi connectivity index (χ0n) is 14.1. The van der Waals surface area contributed by atoms with Crippen molar-refractivity contribution >= 4 is 11.9 Å². The second kappa shape index (κ2) is 6.48. The number of rotatable bonds is 4. The number of methoxy groups -OCH3 is 1. The van der Waals surface area contributed by atoms with Gasteiger partial charge < -0.3 is 10.1 Å². The molecule has 0 unspecified atom stereocenters. The Labute approximate surface area is 141 Å². The first-order valence-corrected chi connectivity index (χ1v) is 8.11. The normalized spacial score (nSPS) is 14.0. The first-order valence-electron chi connectivity index (χ1n) is 8.11. The van der Waals surface area contributed by atoms with Crippen LogP contribution < -0.4 is 5.32 Å². The predicted octanol–water partition coefficient (Wildman–Crippen LogP) is 3.11. The van der Waals surface area contributed by atoms with E-state index in [1.807, 2.05) is 62.4 Å². The van der Waals surface area contributed by atoms with Crippen LogP contribution in [0.5, 0.6) is 0 Å². The molecule has 1 aliphatic carbocycles. The van der Waals surface area contributed by atoms with Gasteiger partial charge in [-0.3, -0.25) is 4.79 Å². The molecule has 0 bridgehead atoms. The van der Waals surface area contributed by atoms with Crippen molar-refractivity contribution in [1.29, 1.82) is 0 Å². The molecule has 2 aromatic rings. The topological polar surface area (TPSA) is 55.4 Å². The molecule has 1 amide bonds. The van der Waals surface area contributed by atoms with Gasteiger partial charge in [-0.2, -0.15) is 0 Å². The molecular weight excluding hydrogens is 302 g/mol. The third-order valence-corrected chi connectivity index (χ3v) is 4.52. The number of hydrogen-bond donors (Lipinski definition) is 1. The minimum Gasteiger partial charge on any atom is -0.467 e. The lowest BCUT2D eigenvalue weighted by molar-refractivity contribution is -0.146. The molecule has 124 valence electrons. The standard InChI is InChI=1S/C20H21NO3/c1-12(2)18(20(23)24-3)21-19(22)17-15-10-6-4-8-13(15)14-9-5-7-11-16(14)17/h4-12,17-18H,1-3H3,(H,21,22)/t18-/m0/s1. The highest BCUT2D eigenvalue weighted by Crippen LogP contribution is 2.44. The van der Waals surface area contributed by atoms with E-state index in [4.69, 9.17) is 4.74 Å². The Balaban J connectivity index is 1.97. The molecular formula is C20H21NO3. The summed E-state index contributed by atoms with van der Waals surface area (Å²) in [6.07, 6.45) is 0. The summed E-state index contributed by atoms with van der Waals surface area (Å²) in [5, 5.41) is 2.88.